The number of rotatable bonds is 7. The lowest BCUT2D eigenvalue weighted by molar-refractivity contribution is -0.0641. The Balaban J connectivity index is 0.000000182. The van der Waals surface area contributed by atoms with E-state index in [0.717, 1.165) is 52.6 Å². The molecule has 0 radical (unpaired) electrons. The van der Waals surface area contributed by atoms with E-state index in [0.29, 0.717) is 24.2 Å². The fourth-order valence-electron chi connectivity index (χ4n) is 5.99. The predicted molar refractivity (Wildman–Crippen MR) is 194 cm³/mol. The van der Waals surface area contributed by atoms with Crippen molar-refractivity contribution < 1.29 is 43.4 Å². The molecule has 0 aromatic carbocycles. The minimum Gasteiger partial charge on any atom is -0.387 e. The molecule has 7 heterocycles. The molecule has 20 heteroatoms. The molecule has 2 unspecified atom stereocenters. The van der Waals surface area contributed by atoms with Crippen molar-refractivity contribution in [2.75, 3.05) is 91.0 Å². The van der Waals surface area contributed by atoms with Crippen molar-refractivity contribution in [2.24, 2.45) is 0 Å². The highest BCUT2D eigenvalue weighted by atomic mass is 127. The maximum absolute atomic E-state index is 12.0. The van der Waals surface area contributed by atoms with E-state index in [1.165, 1.54) is 60.7 Å². The van der Waals surface area contributed by atoms with Crippen LogP contribution in [0, 0.1) is 0 Å². The van der Waals surface area contributed by atoms with Crippen LogP contribution in [0.2, 0.25) is 0 Å². The van der Waals surface area contributed by atoms with Crippen LogP contribution in [0.5, 0.6) is 0 Å². The van der Waals surface area contributed by atoms with Gasteiger partial charge in [-0.15, -0.1) is 0 Å². The zero-order valence-corrected chi connectivity index (χ0v) is 31.6. The van der Waals surface area contributed by atoms with Gasteiger partial charge in [0.2, 0.25) is 0 Å². The van der Waals surface area contributed by atoms with Crippen LogP contribution in [-0.4, -0.2) is 162 Å². The Bertz CT molecular complexity index is 1540. The van der Waals surface area contributed by atoms with Crippen LogP contribution in [-0.2, 0) is 33.2 Å². The van der Waals surface area contributed by atoms with Crippen LogP contribution < -0.4 is 27.8 Å². The van der Waals surface area contributed by atoms with Crippen molar-refractivity contribution in [1.82, 2.24) is 29.3 Å². The van der Waals surface area contributed by atoms with E-state index in [2.05, 4.69) is 42.8 Å². The van der Waals surface area contributed by atoms with Crippen molar-refractivity contribution in [3.05, 3.63) is 66.2 Å². The summed E-state index contributed by atoms with van der Waals surface area (Å²) >= 11 is 2.09. The van der Waals surface area contributed by atoms with E-state index in [1.807, 2.05) is 0 Å². The largest absolute Gasteiger partial charge is 0.387 e. The maximum atomic E-state index is 12.0. The Morgan fingerprint density at radius 2 is 1.19 bits per heavy atom. The van der Waals surface area contributed by atoms with Gasteiger partial charge in [0.15, 0.2) is 12.5 Å². The number of nitrogens with one attached hydrogen (secondary N) is 3. The number of morpholine rings is 2. The molecule has 0 aliphatic carbocycles. The lowest BCUT2D eigenvalue weighted by Crippen LogP contribution is -2.45. The number of methoxy groups -OCH3 is 2. The SMILES string of the molecule is C1CCOC1.C1COCCN1.CO[C@H]1C(O)[C@@H](CI)O[C@H]1n1ccc(=O)[nH]c1=O.CO[C@H]1C(O)[C@@H](CN2CCOCC2)O[C@H]1n1ccc(=O)[nH]c1=O. The summed E-state index contributed by atoms with van der Waals surface area (Å²) < 4.78 is 40.2. The number of aromatic amines is 2. The van der Waals surface area contributed by atoms with Gasteiger partial charge < -0.3 is 48.7 Å². The number of alkyl halides is 1. The van der Waals surface area contributed by atoms with Crippen molar-refractivity contribution in [3.63, 3.8) is 0 Å². The molecule has 5 saturated heterocycles. The number of aliphatic hydroxyl groups is 2. The Morgan fingerprint density at radius 3 is 1.58 bits per heavy atom. The molecule has 0 amide bonds. The zero-order valence-electron chi connectivity index (χ0n) is 29.4. The molecule has 8 atom stereocenters. The standard InChI is InChI=1S/C14H21N3O6.C10H13IN2O5.C4H9NO.C4H8O/c1-21-12-11(19)9(8-16-4-6-22-7-5-16)23-13(12)17-3-2-10(18)15-14(17)20;1-17-8-7(15)5(4-11)18-9(8)13-3-2-6(14)12-10(13)16;1-3-6-4-2-5-1;1-2-4-5-3-1/h2-3,9,11-13,19H,4-8H2,1H3,(H,15,18,20);2-3,5,7-9,15H,4H2,1H3,(H,12,14,16);5H,1-4H2;1-4H2/t9-,11?,12+,13-;5-,7?,8+,9-;;/m11../s1. The number of halogens is 1. The van der Waals surface area contributed by atoms with Crippen LogP contribution in [0.3, 0.4) is 0 Å². The Labute approximate surface area is 313 Å². The highest BCUT2D eigenvalue weighted by Gasteiger charge is 2.46. The Hall–Kier alpha value is -2.35. The molecule has 0 bridgehead atoms. The van der Waals surface area contributed by atoms with Crippen LogP contribution >= 0.6 is 22.6 Å². The van der Waals surface area contributed by atoms with Crippen molar-refractivity contribution in [2.45, 2.75) is 61.9 Å². The molecular weight excluding hydrogens is 803 g/mol. The van der Waals surface area contributed by atoms with E-state index in [9.17, 15) is 29.4 Å². The normalized spacial score (nSPS) is 30.3. The lowest BCUT2D eigenvalue weighted by Gasteiger charge is -2.29. The van der Waals surface area contributed by atoms with E-state index in [1.54, 1.807) is 0 Å². The fourth-order valence-corrected chi connectivity index (χ4v) is 6.72. The number of hydrogen-bond acceptors (Lipinski definition) is 15. The van der Waals surface area contributed by atoms with E-state index < -0.39 is 71.6 Å². The minimum absolute atomic E-state index is 0.403. The molecule has 19 nitrogen and oxygen atoms in total. The first-order valence-electron chi connectivity index (χ1n) is 17.3. The quantitative estimate of drug-likeness (QED) is 0.147. The molecular formula is C32H51IN6O13. The molecule has 0 spiro atoms. The van der Waals surface area contributed by atoms with Crippen LogP contribution in [0.1, 0.15) is 25.3 Å². The van der Waals surface area contributed by atoms with Gasteiger partial charge in [0.1, 0.15) is 30.5 Å². The first kappa shape index (κ1) is 42.4. The van der Waals surface area contributed by atoms with Gasteiger partial charge in [-0.1, -0.05) is 22.6 Å². The van der Waals surface area contributed by atoms with Crippen molar-refractivity contribution >= 4 is 22.6 Å². The van der Waals surface area contributed by atoms with Crippen molar-refractivity contribution in [1.29, 1.82) is 0 Å². The highest BCUT2D eigenvalue weighted by Crippen LogP contribution is 2.32. The second kappa shape index (κ2) is 22.1. The highest BCUT2D eigenvalue weighted by molar-refractivity contribution is 14.1. The third-order valence-corrected chi connectivity index (χ3v) is 9.66. The molecule has 5 fully saturated rings. The average Bonchev–Trinajstić information content (AvgIpc) is 3.91. The number of H-pyrrole nitrogens is 2. The van der Waals surface area contributed by atoms with Crippen LogP contribution in [0.15, 0.2) is 43.7 Å². The van der Waals surface area contributed by atoms with Gasteiger partial charge in [0.25, 0.3) is 11.1 Å². The van der Waals surface area contributed by atoms with Gasteiger partial charge >= 0.3 is 11.4 Å². The Morgan fingerprint density at radius 1 is 0.731 bits per heavy atom. The third kappa shape index (κ3) is 12.1. The minimum atomic E-state index is -0.869. The number of aromatic nitrogens is 4. The second-order valence-electron chi connectivity index (χ2n) is 12.3. The van der Waals surface area contributed by atoms with Crippen molar-refractivity contribution in [3.8, 4) is 0 Å². The molecule has 0 saturated carbocycles. The summed E-state index contributed by atoms with van der Waals surface area (Å²) in [6.45, 7) is 9.21. The first-order valence-corrected chi connectivity index (χ1v) is 18.8. The maximum Gasteiger partial charge on any atom is 0.330 e. The van der Waals surface area contributed by atoms with Gasteiger partial charge in [-0.3, -0.25) is 33.6 Å². The average molecular weight is 855 g/mol. The monoisotopic (exact) mass is 854 g/mol. The zero-order chi connectivity index (χ0) is 37.5. The summed E-state index contributed by atoms with van der Waals surface area (Å²) in [6.07, 6.45) is -0.192. The smallest absolute Gasteiger partial charge is 0.330 e. The lowest BCUT2D eigenvalue weighted by atomic mass is 10.1. The second-order valence-corrected chi connectivity index (χ2v) is 13.2. The summed E-state index contributed by atoms with van der Waals surface area (Å²) in [5.41, 5.74) is -2.14. The summed E-state index contributed by atoms with van der Waals surface area (Å²) in [6, 6.07) is 2.46. The van der Waals surface area contributed by atoms with Gasteiger partial charge in [0.05, 0.1) is 32.5 Å². The number of ether oxygens (including phenoxy) is 7. The van der Waals surface area contributed by atoms with E-state index in [4.69, 9.17) is 33.2 Å². The predicted octanol–water partition coefficient (Wildman–Crippen LogP) is -2.21. The number of aliphatic hydroxyl groups excluding tert-OH is 2. The summed E-state index contributed by atoms with van der Waals surface area (Å²) in [7, 11) is 2.90. The third-order valence-electron chi connectivity index (χ3n) is 8.79. The molecule has 2 aromatic heterocycles. The summed E-state index contributed by atoms with van der Waals surface area (Å²) in [4.78, 5) is 52.3. The molecule has 5 aliphatic heterocycles. The summed E-state index contributed by atoms with van der Waals surface area (Å²) in [5, 5.41) is 23.6. The molecule has 5 N–H and O–H groups in total. The summed E-state index contributed by atoms with van der Waals surface area (Å²) in [5.74, 6) is 0. The van der Waals surface area contributed by atoms with E-state index >= 15 is 0 Å². The van der Waals surface area contributed by atoms with Gasteiger partial charge in [-0.25, -0.2) is 9.59 Å². The molecule has 52 heavy (non-hydrogen) atoms. The first-order chi connectivity index (χ1) is 25.2. The van der Waals surface area contributed by atoms with Gasteiger partial charge in [-0.2, -0.15) is 0 Å². The number of nitrogens with zero attached hydrogens (tertiary/aromatic N) is 3. The molecule has 2 aromatic rings. The van der Waals surface area contributed by atoms with Gasteiger partial charge in [-0.05, 0) is 12.8 Å². The molecule has 294 valence electrons. The topological polar surface area (TPSA) is 230 Å². The Kier molecular flexibility index (Phi) is 18.0. The van der Waals surface area contributed by atoms with Crippen LogP contribution in [0.25, 0.3) is 0 Å². The molecule has 7 rings (SSSR count). The van der Waals surface area contributed by atoms with E-state index in [-0.39, 0.29) is 0 Å². The fraction of sp³-hybridized carbons (Fsp3) is 0.750. The van der Waals surface area contributed by atoms with Crippen LogP contribution in [0.4, 0.5) is 0 Å². The number of hydrogen-bond donors (Lipinski definition) is 5. The molecule has 5 aliphatic rings. The van der Waals surface area contributed by atoms with Gasteiger partial charge in [0, 0.05) is 89.1 Å².